The second kappa shape index (κ2) is 4.69. The first-order valence-electron chi connectivity index (χ1n) is 5.86. The van der Waals surface area contributed by atoms with Crippen molar-refractivity contribution in [2.75, 3.05) is 5.73 Å². The van der Waals surface area contributed by atoms with E-state index in [9.17, 15) is 8.78 Å². The highest BCUT2D eigenvalue weighted by atomic mass is 127. The minimum absolute atomic E-state index is 0.200. The van der Waals surface area contributed by atoms with E-state index >= 15 is 0 Å². The SMILES string of the molecule is Cc1cc(F)cc(-n2c(N)nc3cc(I)c(F)cc32)c1. The molecule has 0 fully saturated rings. The molecule has 0 unspecified atom stereocenters. The number of nitrogen functional groups attached to an aromatic ring is 1. The minimum atomic E-state index is -0.368. The molecule has 2 N–H and O–H groups in total. The van der Waals surface area contributed by atoms with Crippen LogP contribution in [-0.2, 0) is 0 Å². The molecule has 3 aromatic rings. The quantitative estimate of drug-likeness (QED) is 0.648. The Bertz CT molecular complexity index is 807. The van der Waals surface area contributed by atoms with E-state index in [2.05, 4.69) is 4.98 Å². The van der Waals surface area contributed by atoms with Gasteiger partial charge in [-0.25, -0.2) is 13.8 Å². The third-order valence-corrected chi connectivity index (χ3v) is 3.83. The van der Waals surface area contributed by atoms with E-state index in [0.717, 1.165) is 5.56 Å². The molecule has 0 bridgehead atoms. The van der Waals surface area contributed by atoms with Crippen LogP contribution in [0.1, 0.15) is 5.56 Å². The summed E-state index contributed by atoms with van der Waals surface area (Å²) in [5, 5.41) is 0. The number of rotatable bonds is 1. The second-order valence-corrected chi connectivity index (χ2v) is 5.71. The van der Waals surface area contributed by atoms with Gasteiger partial charge in [0.05, 0.1) is 20.3 Å². The second-order valence-electron chi connectivity index (χ2n) is 4.55. The van der Waals surface area contributed by atoms with Gasteiger partial charge in [0.25, 0.3) is 0 Å². The smallest absolute Gasteiger partial charge is 0.205 e. The fraction of sp³-hybridized carbons (Fsp3) is 0.0714. The molecule has 1 aromatic heterocycles. The number of aryl methyl sites for hydroxylation is 1. The van der Waals surface area contributed by atoms with Gasteiger partial charge < -0.3 is 5.73 Å². The van der Waals surface area contributed by atoms with Crippen LogP contribution in [0.3, 0.4) is 0 Å². The number of nitrogens with zero attached hydrogens (tertiary/aromatic N) is 2. The molecule has 3 rings (SSSR count). The molecule has 0 radical (unpaired) electrons. The van der Waals surface area contributed by atoms with Gasteiger partial charge in [0, 0.05) is 6.07 Å². The van der Waals surface area contributed by atoms with Crippen molar-refractivity contribution in [3.05, 3.63) is 51.1 Å². The monoisotopic (exact) mass is 385 g/mol. The average molecular weight is 385 g/mol. The fourth-order valence-electron chi connectivity index (χ4n) is 2.21. The Morgan fingerprint density at radius 2 is 1.90 bits per heavy atom. The summed E-state index contributed by atoms with van der Waals surface area (Å²) in [4.78, 5) is 4.20. The van der Waals surface area contributed by atoms with E-state index in [1.165, 1.54) is 18.2 Å². The van der Waals surface area contributed by atoms with Crippen LogP contribution < -0.4 is 5.73 Å². The van der Waals surface area contributed by atoms with E-state index in [1.807, 2.05) is 22.6 Å². The zero-order chi connectivity index (χ0) is 14.4. The number of aromatic nitrogens is 2. The Morgan fingerprint density at radius 3 is 2.60 bits per heavy atom. The summed E-state index contributed by atoms with van der Waals surface area (Å²) in [5.41, 5.74) is 8.28. The molecule has 3 nitrogen and oxygen atoms in total. The Kier molecular flexibility index (Phi) is 3.12. The van der Waals surface area contributed by atoms with E-state index in [1.54, 1.807) is 23.6 Å². The molecule has 2 aromatic carbocycles. The molecular weight excluding hydrogens is 375 g/mol. The topological polar surface area (TPSA) is 43.8 Å². The van der Waals surface area contributed by atoms with Crippen LogP contribution in [0.25, 0.3) is 16.7 Å². The van der Waals surface area contributed by atoms with Gasteiger partial charge in [-0.1, -0.05) is 0 Å². The molecule has 0 atom stereocenters. The average Bonchev–Trinajstić information content (AvgIpc) is 2.64. The summed E-state index contributed by atoms with van der Waals surface area (Å²) < 4.78 is 29.3. The molecule has 0 spiro atoms. The standard InChI is InChI=1S/C14H10F2IN3/c1-7-2-8(15)4-9(3-7)20-13-5-10(16)11(17)6-12(13)19-14(20)18/h2-6H,1H3,(H2,18,19). The van der Waals surface area contributed by atoms with Crippen molar-refractivity contribution in [1.82, 2.24) is 9.55 Å². The van der Waals surface area contributed by atoms with Gasteiger partial charge in [0.2, 0.25) is 5.95 Å². The number of hydrogen-bond acceptors (Lipinski definition) is 2. The molecule has 0 aliphatic carbocycles. The van der Waals surface area contributed by atoms with Gasteiger partial charge in [-0.2, -0.15) is 0 Å². The van der Waals surface area contributed by atoms with Crippen LogP contribution in [0.4, 0.5) is 14.7 Å². The highest BCUT2D eigenvalue weighted by Crippen LogP contribution is 2.27. The van der Waals surface area contributed by atoms with Gasteiger partial charge in [0.15, 0.2) is 0 Å². The first-order chi connectivity index (χ1) is 9.45. The van der Waals surface area contributed by atoms with Crippen LogP contribution in [0, 0.1) is 22.1 Å². The van der Waals surface area contributed by atoms with Crippen LogP contribution in [0.2, 0.25) is 0 Å². The Labute approximate surface area is 127 Å². The van der Waals surface area contributed by atoms with Crippen molar-refractivity contribution in [1.29, 1.82) is 0 Å². The summed E-state index contributed by atoms with van der Waals surface area (Å²) >= 11 is 1.89. The highest BCUT2D eigenvalue weighted by Gasteiger charge is 2.13. The molecule has 102 valence electrons. The lowest BCUT2D eigenvalue weighted by Gasteiger charge is -2.08. The van der Waals surface area contributed by atoms with Gasteiger partial charge in [0.1, 0.15) is 11.6 Å². The number of halogens is 3. The Morgan fingerprint density at radius 1 is 1.15 bits per heavy atom. The lowest BCUT2D eigenvalue weighted by Crippen LogP contribution is -2.01. The van der Waals surface area contributed by atoms with E-state index in [4.69, 9.17) is 5.73 Å². The normalized spacial score (nSPS) is 11.2. The fourth-order valence-corrected chi connectivity index (χ4v) is 2.66. The summed E-state index contributed by atoms with van der Waals surface area (Å²) in [5.74, 6) is -0.522. The summed E-state index contributed by atoms with van der Waals surface area (Å²) in [6.07, 6.45) is 0. The number of hydrogen-bond donors (Lipinski definition) is 1. The number of anilines is 1. The van der Waals surface area contributed by atoms with Gasteiger partial charge in [-0.05, 0) is 59.3 Å². The third kappa shape index (κ3) is 2.13. The first-order valence-corrected chi connectivity index (χ1v) is 6.94. The summed E-state index contributed by atoms with van der Waals surface area (Å²) in [6.45, 7) is 1.78. The molecule has 0 aliphatic heterocycles. The van der Waals surface area contributed by atoms with Crippen molar-refractivity contribution in [2.24, 2.45) is 0 Å². The molecule has 20 heavy (non-hydrogen) atoms. The Hall–Kier alpha value is -1.70. The minimum Gasteiger partial charge on any atom is -0.369 e. The molecule has 0 saturated carbocycles. The van der Waals surface area contributed by atoms with E-state index in [-0.39, 0.29) is 17.6 Å². The van der Waals surface area contributed by atoms with Crippen LogP contribution in [-0.4, -0.2) is 9.55 Å². The lowest BCUT2D eigenvalue weighted by atomic mass is 10.2. The van der Waals surface area contributed by atoms with Crippen LogP contribution in [0.5, 0.6) is 0 Å². The van der Waals surface area contributed by atoms with Gasteiger partial charge >= 0.3 is 0 Å². The van der Waals surface area contributed by atoms with Crippen LogP contribution >= 0.6 is 22.6 Å². The Balaban J connectivity index is 2.35. The van der Waals surface area contributed by atoms with Gasteiger partial charge in [-0.15, -0.1) is 0 Å². The van der Waals surface area contributed by atoms with E-state index in [0.29, 0.717) is 20.3 Å². The lowest BCUT2D eigenvalue weighted by molar-refractivity contribution is 0.621. The summed E-state index contributed by atoms with van der Waals surface area (Å²) in [6, 6.07) is 7.52. The maximum absolute atomic E-state index is 13.7. The number of nitrogens with two attached hydrogens (primary N) is 1. The number of benzene rings is 2. The number of imidazole rings is 1. The predicted octanol–water partition coefficient (Wildman–Crippen LogP) is 3.80. The van der Waals surface area contributed by atoms with Crippen molar-refractivity contribution in [3.63, 3.8) is 0 Å². The molecular formula is C14H10F2IN3. The molecule has 0 saturated heterocycles. The molecule has 1 heterocycles. The summed E-state index contributed by atoms with van der Waals surface area (Å²) in [7, 11) is 0. The maximum Gasteiger partial charge on any atom is 0.205 e. The molecule has 0 amide bonds. The van der Waals surface area contributed by atoms with Gasteiger partial charge in [-0.3, -0.25) is 4.57 Å². The maximum atomic E-state index is 13.7. The highest BCUT2D eigenvalue weighted by molar-refractivity contribution is 14.1. The van der Waals surface area contributed by atoms with E-state index < -0.39 is 0 Å². The van der Waals surface area contributed by atoms with Crippen molar-refractivity contribution < 1.29 is 8.78 Å². The zero-order valence-electron chi connectivity index (χ0n) is 10.5. The largest absolute Gasteiger partial charge is 0.369 e. The van der Waals surface area contributed by atoms with Crippen molar-refractivity contribution in [3.8, 4) is 5.69 Å². The zero-order valence-corrected chi connectivity index (χ0v) is 12.6. The number of fused-ring (bicyclic) bond motifs is 1. The molecule has 0 aliphatic rings. The molecule has 6 heteroatoms. The third-order valence-electron chi connectivity index (χ3n) is 3.01. The first kappa shape index (κ1) is 13.3. The van der Waals surface area contributed by atoms with Crippen molar-refractivity contribution in [2.45, 2.75) is 6.92 Å². The van der Waals surface area contributed by atoms with Crippen molar-refractivity contribution >= 4 is 39.6 Å². The van der Waals surface area contributed by atoms with Crippen LogP contribution in [0.15, 0.2) is 30.3 Å². The predicted molar refractivity (Wildman–Crippen MR) is 82.9 cm³/mol.